The molecule has 0 atom stereocenters. The molecule has 1 heterocycles. The summed E-state index contributed by atoms with van der Waals surface area (Å²) in [6, 6.07) is 19.7. The zero-order chi connectivity index (χ0) is 25.9. The van der Waals surface area contributed by atoms with Crippen LogP contribution < -0.4 is 13.9 Å². The van der Waals surface area contributed by atoms with Crippen LogP contribution in [0.15, 0.2) is 71.6 Å². The number of carbonyl (C=O) groups is 1. The second kappa shape index (κ2) is 10.6. The molecule has 0 spiro atoms. The van der Waals surface area contributed by atoms with Gasteiger partial charge in [0.25, 0.3) is 10.0 Å². The maximum absolute atomic E-state index is 13.6. The third-order valence-corrected chi connectivity index (χ3v) is 8.59. The summed E-state index contributed by atoms with van der Waals surface area (Å²) in [4.78, 5) is 17.5. The van der Waals surface area contributed by atoms with Gasteiger partial charge in [0, 0.05) is 31.9 Å². The average molecular weight is 508 g/mol. The Morgan fingerprint density at radius 1 is 0.889 bits per heavy atom. The van der Waals surface area contributed by atoms with Gasteiger partial charge < -0.3 is 14.5 Å². The molecule has 1 amide bonds. The number of methoxy groups -OCH3 is 1. The molecule has 0 N–H and O–H groups in total. The van der Waals surface area contributed by atoms with Crippen LogP contribution in [0.4, 0.5) is 11.4 Å². The molecule has 0 radical (unpaired) electrons. The summed E-state index contributed by atoms with van der Waals surface area (Å²) in [6.45, 7) is 8.37. The minimum absolute atomic E-state index is 0.108. The van der Waals surface area contributed by atoms with Crippen molar-refractivity contribution < 1.29 is 17.9 Å². The molecule has 3 aromatic carbocycles. The summed E-state index contributed by atoms with van der Waals surface area (Å²) in [5.41, 5.74) is 5.13. The van der Waals surface area contributed by atoms with E-state index in [-0.39, 0.29) is 17.3 Å². The van der Waals surface area contributed by atoms with Gasteiger partial charge >= 0.3 is 0 Å². The highest BCUT2D eigenvalue weighted by molar-refractivity contribution is 7.92. The minimum Gasteiger partial charge on any atom is -0.497 e. The first-order chi connectivity index (χ1) is 17.2. The lowest BCUT2D eigenvalue weighted by Crippen LogP contribution is -2.52. The average Bonchev–Trinajstić information content (AvgIpc) is 2.89. The molecule has 0 bridgehead atoms. The SMILES string of the molecule is COc1ccc(S(=O)(=O)N(CC(=O)N2CCN(c3cccc(C)c3C)CC2)c2ccc(C)cc2)cc1. The molecule has 0 aliphatic carbocycles. The fourth-order valence-electron chi connectivity index (χ4n) is 4.40. The molecular formula is C28H33N3O4S. The van der Waals surface area contributed by atoms with E-state index < -0.39 is 10.0 Å². The van der Waals surface area contributed by atoms with Crippen molar-refractivity contribution in [3.05, 3.63) is 83.4 Å². The second-order valence-electron chi connectivity index (χ2n) is 9.11. The summed E-state index contributed by atoms with van der Waals surface area (Å²) in [6.07, 6.45) is 0. The van der Waals surface area contributed by atoms with Gasteiger partial charge in [0.2, 0.25) is 5.91 Å². The molecule has 4 rings (SSSR count). The predicted octanol–water partition coefficient (Wildman–Crippen LogP) is 4.16. The number of carbonyl (C=O) groups excluding carboxylic acids is 1. The van der Waals surface area contributed by atoms with E-state index in [0.717, 1.165) is 5.56 Å². The highest BCUT2D eigenvalue weighted by atomic mass is 32.2. The smallest absolute Gasteiger partial charge is 0.264 e. The van der Waals surface area contributed by atoms with E-state index in [1.54, 1.807) is 29.2 Å². The quantitative estimate of drug-likeness (QED) is 0.480. The Morgan fingerprint density at radius 2 is 1.53 bits per heavy atom. The van der Waals surface area contributed by atoms with Crippen molar-refractivity contribution in [2.45, 2.75) is 25.7 Å². The molecule has 190 valence electrons. The third kappa shape index (κ3) is 5.33. The number of benzene rings is 3. The maximum atomic E-state index is 13.6. The van der Waals surface area contributed by atoms with Crippen molar-refractivity contribution in [2.75, 3.05) is 49.0 Å². The van der Waals surface area contributed by atoms with Gasteiger partial charge in [-0.1, -0.05) is 29.8 Å². The van der Waals surface area contributed by atoms with Crippen molar-refractivity contribution in [3.8, 4) is 5.75 Å². The standard InChI is InChI=1S/C28H33N3O4S/c1-21-8-10-24(11-9-21)31(36(33,34)26-14-12-25(35-4)13-15-26)20-28(32)30-18-16-29(17-19-30)27-7-5-6-22(2)23(27)3/h5-15H,16-20H2,1-4H3. The summed E-state index contributed by atoms with van der Waals surface area (Å²) in [5.74, 6) is 0.349. The monoisotopic (exact) mass is 507 g/mol. The number of hydrogen-bond donors (Lipinski definition) is 0. The van der Waals surface area contributed by atoms with Gasteiger partial charge in [-0.2, -0.15) is 0 Å². The maximum Gasteiger partial charge on any atom is 0.264 e. The lowest BCUT2D eigenvalue weighted by atomic mass is 10.1. The minimum atomic E-state index is -3.97. The van der Waals surface area contributed by atoms with E-state index in [4.69, 9.17) is 4.74 Å². The Kier molecular flexibility index (Phi) is 7.54. The van der Waals surface area contributed by atoms with Crippen LogP contribution in [0.25, 0.3) is 0 Å². The molecule has 1 aliphatic rings. The van der Waals surface area contributed by atoms with Gasteiger partial charge in [-0.3, -0.25) is 9.10 Å². The van der Waals surface area contributed by atoms with Gasteiger partial charge in [-0.15, -0.1) is 0 Å². The molecule has 36 heavy (non-hydrogen) atoms. The fourth-order valence-corrected chi connectivity index (χ4v) is 5.81. The van der Waals surface area contributed by atoms with Crippen molar-refractivity contribution in [1.82, 2.24) is 4.90 Å². The van der Waals surface area contributed by atoms with E-state index in [1.165, 1.54) is 40.4 Å². The molecule has 0 unspecified atom stereocenters. The fraction of sp³-hybridized carbons (Fsp3) is 0.321. The number of sulfonamides is 1. The first-order valence-corrected chi connectivity index (χ1v) is 13.5. The third-order valence-electron chi connectivity index (χ3n) is 6.80. The molecule has 3 aromatic rings. The van der Waals surface area contributed by atoms with Gasteiger partial charge in [0.05, 0.1) is 17.7 Å². The van der Waals surface area contributed by atoms with E-state index in [9.17, 15) is 13.2 Å². The van der Waals surface area contributed by atoms with Crippen molar-refractivity contribution >= 4 is 27.3 Å². The molecule has 7 nitrogen and oxygen atoms in total. The van der Waals surface area contributed by atoms with E-state index in [0.29, 0.717) is 37.6 Å². The number of piperazine rings is 1. The zero-order valence-electron chi connectivity index (χ0n) is 21.3. The molecular weight excluding hydrogens is 474 g/mol. The summed E-state index contributed by atoms with van der Waals surface area (Å²) < 4.78 is 33.7. The molecule has 1 aliphatic heterocycles. The highest BCUT2D eigenvalue weighted by Gasteiger charge is 2.30. The van der Waals surface area contributed by atoms with Crippen molar-refractivity contribution in [3.63, 3.8) is 0 Å². The molecule has 8 heteroatoms. The van der Waals surface area contributed by atoms with Crippen LogP contribution in [0.5, 0.6) is 5.75 Å². The Morgan fingerprint density at radius 3 is 2.14 bits per heavy atom. The Hall–Kier alpha value is -3.52. The lowest BCUT2D eigenvalue weighted by Gasteiger charge is -2.38. The van der Waals surface area contributed by atoms with Crippen LogP contribution in [0.1, 0.15) is 16.7 Å². The first kappa shape index (κ1) is 25.6. The largest absolute Gasteiger partial charge is 0.497 e. The number of nitrogens with zero attached hydrogens (tertiary/aromatic N) is 3. The number of rotatable bonds is 7. The van der Waals surface area contributed by atoms with Gasteiger partial charge in [0.15, 0.2) is 0 Å². The van der Waals surface area contributed by atoms with Crippen LogP contribution in [0, 0.1) is 20.8 Å². The van der Waals surface area contributed by atoms with Crippen LogP contribution in [0.2, 0.25) is 0 Å². The number of anilines is 2. The van der Waals surface area contributed by atoms with E-state index in [1.807, 2.05) is 19.1 Å². The zero-order valence-corrected chi connectivity index (χ0v) is 22.1. The van der Waals surface area contributed by atoms with Crippen LogP contribution in [-0.2, 0) is 14.8 Å². The highest BCUT2D eigenvalue weighted by Crippen LogP contribution is 2.27. The van der Waals surface area contributed by atoms with E-state index in [2.05, 4.69) is 36.9 Å². The van der Waals surface area contributed by atoms with Crippen molar-refractivity contribution in [2.24, 2.45) is 0 Å². The molecule has 0 aromatic heterocycles. The lowest BCUT2D eigenvalue weighted by molar-refractivity contribution is -0.129. The van der Waals surface area contributed by atoms with Crippen molar-refractivity contribution in [1.29, 1.82) is 0 Å². The summed E-state index contributed by atoms with van der Waals surface area (Å²) in [5, 5.41) is 0. The number of hydrogen-bond acceptors (Lipinski definition) is 5. The summed E-state index contributed by atoms with van der Waals surface area (Å²) >= 11 is 0. The second-order valence-corrected chi connectivity index (χ2v) is 11.0. The molecule has 1 saturated heterocycles. The summed E-state index contributed by atoms with van der Waals surface area (Å²) in [7, 11) is -2.44. The molecule has 1 fully saturated rings. The van der Waals surface area contributed by atoms with Crippen LogP contribution in [-0.4, -0.2) is 59.1 Å². The Bertz CT molecular complexity index is 1310. The molecule has 0 saturated carbocycles. The topological polar surface area (TPSA) is 70.2 Å². The van der Waals surface area contributed by atoms with Gasteiger partial charge in [-0.25, -0.2) is 8.42 Å². The van der Waals surface area contributed by atoms with Gasteiger partial charge in [-0.05, 0) is 74.4 Å². The van der Waals surface area contributed by atoms with Gasteiger partial charge in [0.1, 0.15) is 12.3 Å². The Labute approximate surface area is 214 Å². The number of aryl methyl sites for hydroxylation is 2. The predicted molar refractivity (Wildman–Crippen MR) is 143 cm³/mol. The number of amides is 1. The first-order valence-electron chi connectivity index (χ1n) is 12.0. The van der Waals surface area contributed by atoms with Crippen LogP contribution in [0.3, 0.4) is 0 Å². The normalized spacial score (nSPS) is 14.0. The Balaban J connectivity index is 1.54. The van der Waals surface area contributed by atoms with E-state index >= 15 is 0 Å². The number of ether oxygens (including phenoxy) is 1. The van der Waals surface area contributed by atoms with Crippen LogP contribution >= 0.6 is 0 Å².